The van der Waals surface area contributed by atoms with Crippen molar-refractivity contribution in [3.63, 3.8) is 0 Å². The molecule has 22 heavy (non-hydrogen) atoms. The van der Waals surface area contributed by atoms with Crippen LogP contribution in [0.1, 0.15) is 18.4 Å². The van der Waals surface area contributed by atoms with Crippen molar-refractivity contribution >= 4 is 17.6 Å². The highest BCUT2D eigenvalue weighted by Gasteiger charge is 2.24. The lowest BCUT2D eigenvalue weighted by molar-refractivity contribution is 0.704. The summed E-state index contributed by atoms with van der Waals surface area (Å²) in [5.74, 6) is 0.545. The van der Waals surface area contributed by atoms with E-state index in [1.165, 1.54) is 29.3 Å². The molecular formula is C19H21N3. The fourth-order valence-corrected chi connectivity index (χ4v) is 3.02. The molecule has 3 nitrogen and oxygen atoms in total. The summed E-state index contributed by atoms with van der Waals surface area (Å²) in [6, 6.07) is 10.5. The Kier molecular flexibility index (Phi) is 4.76. The first-order chi connectivity index (χ1) is 10.9. The van der Waals surface area contributed by atoms with Gasteiger partial charge in [-0.1, -0.05) is 43.0 Å². The molecule has 1 aromatic rings. The van der Waals surface area contributed by atoms with Gasteiger partial charge in [0.05, 0.1) is 0 Å². The Labute approximate surface area is 131 Å². The molecule has 1 saturated heterocycles. The molecule has 0 amide bonds. The minimum Gasteiger partial charge on any atom is -0.316 e. The highest BCUT2D eigenvalue weighted by molar-refractivity contribution is 6.09. The van der Waals surface area contributed by atoms with Crippen molar-refractivity contribution in [1.82, 2.24) is 5.32 Å². The van der Waals surface area contributed by atoms with Crippen molar-refractivity contribution in [3.05, 3.63) is 66.4 Å². The minimum atomic E-state index is 0.545. The first-order valence-corrected chi connectivity index (χ1v) is 7.76. The van der Waals surface area contributed by atoms with Gasteiger partial charge in [-0.3, -0.25) is 0 Å². The lowest BCUT2D eigenvalue weighted by Crippen LogP contribution is -2.18. The summed E-state index contributed by atoms with van der Waals surface area (Å²) in [4.78, 5) is 8.53. The summed E-state index contributed by atoms with van der Waals surface area (Å²) in [5.41, 5.74) is 5.03. The molecule has 3 rings (SSSR count). The Balaban J connectivity index is 1.92. The van der Waals surface area contributed by atoms with E-state index in [9.17, 15) is 0 Å². The molecule has 1 unspecified atom stereocenters. The number of allylic oxidation sites excluding steroid dienone is 3. The number of benzene rings is 1. The van der Waals surface area contributed by atoms with Crippen molar-refractivity contribution in [2.24, 2.45) is 15.9 Å². The molecule has 1 fully saturated rings. The van der Waals surface area contributed by atoms with Crippen molar-refractivity contribution < 1.29 is 0 Å². The Morgan fingerprint density at radius 3 is 2.82 bits per heavy atom. The molecule has 1 aliphatic heterocycles. The van der Waals surface area contributed by atoms with Crippen LogP contribution in [0, 0.1) is 5.92 Å². The number of hydrogen-bond acceptors (Lipinski definition) is 2. The van der Waals surface area contributed by atoms with Crippen LogP contribution in [0.3, 0.4) is 0 Å². The first kappa shape index (κ1) is 14.7. The quantitative estimate of drug-likeness (QED) is 0.667. The maximum absolute atomic E-state index is 4.54. The average molecular weight is 291 g/mol. The largest absolute Gasteiger partial charge is 0.316 e. The molecular weight excluding hydrogens is 270 g/mol. The molecule has 1 aromatic carbocycles. The molecule has 0 saturated carbocycles. The van der Waals surface area contributed by atoms with Gasteiger partial charge >= 0.3 is 0 Å². The Hall–Kier alpha value is -2.26. The van der Waals surface area contributed by atoms with Crippen LogP contribution in [0.25, 0.3) is 5.57 Å². The molecule has 0 aromatic heterocycles. The lowest BCUT2D eigenvalue weighted by atomic mass is 9.85. The Bertz CT molecular complexity index is 645. The van der Waals surface area contributed by atoms with Crippen LogP contribution < -0.4 is 5.32 Å². The SMILES string of the molecule is C=C/N=C\N=C1/CC=C(c2ccccc2)C=C1C1CCNC1. The molecule has 0 spiro atoms. The van der Waals surface area contributed by atoms with Crippen LogP contribution in [0.4, 0.5) is 0 Å². The van der Waals surface area contributed by atoms with E-state index in [2.05, 4.69) is 64.4 Å². The molecule has 1 atom stereocenters. The maximum Gasteiger partial charge on any atom is 0.115 e. The predicted octanol–water partition coefficient (Wildman–Crippen LogP) is 3.62. The summed E-state index contributed by atoms with van der Waals surface area (Å²) in [5, 5.41) is 3.45. The lowest BCUT2D eigenvalue weighted by Gasteiger charge is -2.20. The zero-order valence-corrected chi connectivity index (χ0v) is 12.7. The summed E-state index contributed by atoms with van der Waals surface area (Å²) in [6.07, 6.45) is 9.69. The zero-order valence-electron chi connectivity index (χ0n) is 12.7. The van der Waals surface area contributed by atoms with E-state index in [0.29, 0.717) is 5.92 Å². The number of nitrogens with zero attached hydrogens (tertiary/aromatic N) is 2. The van der Waals surface area contributed by atoms with E-state index < -0.39 is 0 Å². The van der Waals surface area contributed by atoms with Crippen LogP contribution in [0.5, 0.6) is 0 Å². The van der Waals surface area contributed by atoms with E-state index in [1.807, 2.05) is 0 Å². The van der Waals surface area contributed by atoms with Gasteiger partial charge < -0.3 is 5.32 Å². The van der Waals surface area contributed by atoms with Crippen LogP contribution in [0.15, 0.2) is 70.8 Å². The third-order valence-corrected chi connectivity index (χ3v) is 4.15. The number of aliphatic imine (C=N–C) groups is 2. The highest BCUT2D eigenvalue weighted by atomic mass is 14.9. The van der Waals surface area contributed by atoms with E-state index in [4.69, 9.17) is 0 Å². The summed E-state index contributed by atoms with van der Waals surface area (Å²) < 4.78 is 0. The highest BCUT2D eigenvalue weighted by Crippen LogP contribution is 2.30. The van der Waals surface area contributed by atoms with E-state index >= 15 is 0 Å². The molecule has 0 radical (unpaired) electrons. The van der Waals surface area contributed by atoms with Gasteiger partial charge in [-0.05, 0) is 41.7 Å². The van der Waals surface area contributed by atoms with Crippen molar-refractivity contribution in [3.8, 4) is 0 Å². The van der Waals surface area contributed by atoms with Gasteiger partial charge in [0, 0.05) is 24.9 Å². The van der Waals surface area contributed by atoms with Crippen molar-refractivity contribution in [1.29, 1.82) is 0 Å². The molecule has 1 aliphatic carbocycles. The van der Waals surface area contributed by atoms with Gasteiger partial charge in [-0.15, -0.1) is 0 Å². The number of rotatable bonds is 4. The fourth-order valence-electron chi connectivity index (χ4n) is 3.02. The molecule has 3 heteroatoms. The second-order valence-corrected chi connectivity index (χ2v) is 5.54. The van der Waals surface area contributed by atoms with Crippen molar-refractivity contribution in [2.75, 3.05) is 13.1 Å². The molecule has 112 valence electrons. The Morgan fingerprint density at radius 2 is 2.09 bits per heavy atom. The van der Waals surface area contributed by atoms with Gasteiger partial charge in [0.2, 0.25) is 0 Å². The molecule has 1 N–H and O–H groups in total. The number of hydrogen-bond donors (Lipinski definition) is 1. The normalized spacial score (nSPS) is 23.6. The standard InChI is InChI=1S/C19H21N3/c1-2-20-14-22-19-9-8-16(15-6-4-3-5-7-15)12-18(19)17-10-11-21-13-17/h2-8,12,14,17,21H,1,9-11,13H2/b20-14-,22-19+. The van der Waals surface area contributed by atoms with E-state index in [0.717, 1.165) is 25.2 Å². The number of nitrogens with one attached hydrogen (secondary N) is 1. The topological polar surface area (TPSA) is 36.8 Å². The smallest absolute Gasteiger partial charge is 0.115 e. The third-order valence-electron chi connectivity index (χ3n) is 4.15. The molecule has 0 bridgehead atoms. The monoisotopic (exact) mass is 291 g/mol. The van der Waals surface area contributed by atoms with E-state index in [1.54, 1.807) is 6.34 Å². The predicted molar refractivity (Wildman–Crippen MR) is 94.2 cm³/mol. The fraction of sp³-hybridized carbons (Fsp3) is 0.263. The summed E-state index contributed by atoms with van der Waals surface area (Å²) in [6.45, 7) is 5.70. The van der Waals surface area contributed by atoms with Crippen LogP contribution in [-0.4, -0.2) is 25.1 Å². The Morgan fingerprint density at radius 1 is 1.23 bits per heavy atom. The van der Waals surface area contributed by atoms with Gasteiger partial charge in [-0.25, -0.2) is 9.98 Å². The van der Waals surface area contributed by atoms with Gasteiger partial charge in [0.25, 0.3) is 0 Å². The van der Waals surface area contributed by atoms with Crippen LogP contribution >= 0.6 is 0 Å². The van der Waals surface area contributed by atoms with E-state index in [-0.39, 0.29) is 0 Å². The van der Waals surface area contributed by atoms with Crippen molar-refractivity contribution in [2.45, 2.75) is 12.8 Å². The molecule has 2 aliphatic rings. The first-order valence-electron chi connectivity index (χ1n) is 7.76. The van der Waals surface area contributed by atoms with Gasteiger partial charge in [-0.2, -0.15) is 0 Å². The summed E-state index contributed by atoms with van der Waals surface area (Å²) >= 11 is 0. The van der Waals surface area contributed by atoms with Gasteiger partial charge in [0.1, 0.15) is 6.34 Å². The van der Waals surface area contributed by atoms with Crippen LogP contribution in [-0.2, 0) is 0 Å². The second kappa shape index (κ2) is 7.14. The van der Waals surface area contributed by atoms with Gasteiger partial charge in [0.15, 0.2) is 0 Å². The molecule has 1 heterocycles. The second-order valence-electron chi connectivity index (χ2n) is 5.54. The average Bonchev–Trinajstić information content (AvgIpc) is 3.10. The maximum atomic E-state index is 4.54. The summed E-state index contributed by atoms with van der Waals surface area (Å²) in [7, 11) is 0. The zero-order chi connectivity index (χ0) is 15.2. The minimum absolute atomic E-state index is 0.545. The van der Waals surface area contributed by atoms with Crippen LogP contribution in [0.2, 0.25) is 0 Å². The third kappa shape index (κ3) is 3.31.